The molecule has 0 spiro atoms. The lowest BCUT2D eigenvalue weighted by Crippen LogP contribution is -2.37. The lowest BCUT2D eigenvalue weighted by Gasteiger charge is -2.24. The van der Waals surface area contributed by atoms with Crippen molar-refractivity contribution in [3.63, 3.8) is 0 Å². The highest BCUT2D eigenvalue weighted by Gasteiger charge is 2.20. The van der Waals surface area contributed by atoms with Gasteiger partial charge in [-0.3, -0.25) is 0 Å². The van der Waals surface area contributed by atoms with Crippen LogP contribution in [0.25, 0.3) is 21.7 Å². The van der Waals surface area contributed by atoms with Gasteiger partial charge < -0.3 is 25.4 Å². The fourth-order valence-electron chi connectivity index (χ4n) is 5.69. The number of hydrogen-bond acceptors (Lipinski definition) is 8. The summed E-state index contributed by atoms with van der Waals surface area (Å²) in [6.45, 7) is 3.91. The first-order chi connectivity index (χ1) is 22.6. The second-order valence-electron chi connectivity index (χ2n) is 11.5. The van der Waals surface area contributed by atoms with E-state index in [-0.39, 0.29) is 0 Å². The largest absolute Gasteiger partial charge is 0.480 e. The fourth-order valence-corrected chi connectivity index (χ4v) is 5.69. The zero-order valence-electron chi connectivity index (χ0n) is 26.6. The number of carboxylic acid groups (broad SMARTS) is 1. The molecule has 0 bridgehead atoms. The topological polar surface area (TPSA) is 113 Å². The molecule has 46 heavy (non-hydrogen) atoms. The van der Waals surface area contributed by atoms with E-state index >= 15 is 0 Å². The summed E-state index contributed by atoms with van der Waals surface area (Å²) < 4.78 is 5.29. The first kappa shape index (κ1) is 32.8. The van der Waals surface area contributed by atoms with Crippen molar-refractivity contribution in [2.75, 3.05) is 50.5 Å². The number of carboxylic acids is 1. The van der Waals surface area contributed by atoms with Gasteiger partial charge in [-0.2, -0.15) is 0 Å². The van der Waals surface area contributed by atoms with Crippen molar-refractivity contribution in [3.05, 3.63) is 103 Å². The summed E-state index contributed by atoms with van der Waals surface area (Å²) in [5.74, 6) is 0.698. The minimum atomic E-state index is -0.892. The number of nitrogens with zero attached hydrogens (tertiary/aromatic N) is 4. The molecule has 3 aromatic carbocycles. The van der Waals surface area contributed by atoms with E-state index in [2.05, 4.69) is 86.2 Å². The Kier molecular flexibility index (Phi) is 12.3. The molecule has 0 fully saturated rings. The fraction of sp³-hybridized carbons (Fsp3) is 0.351. The van der Waals surface area contributed by atoms with Crippen LogP contribution in [-0.4, -0.2) is 76.9 Å². The molecule has 1 aliphatic rings. The molecule has 9 heteroatoms. The Bertz CT molecular complexity index is 1630. The van der Waals surface area contributed by atoms with Gasteiger partial charge in [-0.15, -0.1) is 0 Å². The molecule has 2 aromatic heterocycles. The van der Waals surface area contributed by atoms with Crippen LogP contribution in [0.3, 0.4) is 0 Å². The lowest BCUT2D eigenvalue weighted by atomic mass is 10.1. The molecule has 9 nitrogen and oxygen atoms in total. The number of unbranched alkanes of at least 4 members (excludes halogenated alkanes) is 1. The average molecular weight is 621 g/mol. The number of carbonyl (C=O) groups is 1. The number of aliphatic carboxylic acids is 1. The Labute approximate surface area is 271 Å². The van der Waals surface area contributed by atoms with E-state index in [1.165, 1.54) is 29.1 Å². The highest BCUT2D eigenvalue weighted by Crippen LogP contribution is 2.21. The standard InChI is InChI=1S/C27H36N6O3.C10H8/c1-36-18-17-33(15-5-4-8-21-12-11-20-7-6-14-28-25(20)31-21)16-13-24(27(34)35)32-26-22-9-2-3-10-23(22)29-19-30-26;1-2-6-10-8-4-3-7-9(10)5-1/h2-3,9-12,19,24H,4-8,13-18H2,1H3,(H,28,31)(H,34,35)(H,29,30,32);1-8H. The van der Waals surface area contributed by atoms with Gasteiger partial charge >= 0.3 is 5.97 Å². The zero-order chi connectivity index (χ0) is 32.0. The van der Waals surface area contributed by atoms with Crippen molar-refractivity contribution in [2.24, 2.45) is 0 Å². The number of methoxy groups -OCH3 is 1. The molecular weight excluding hydrogens is 576 g/mol. The maximum absolute atomic E-state index is 12.0. The Hall–Kier alpha value is -4.60. The minimum Gasteiger partial charge on any atom is -0.480 e. The van der Waals surface area contributed by atoms with Crippen LogP contribution in [0.1, 0.15) is 36.9 Å². The van der Waals surface area contributed by atoms with Crippen molar-refractivity contribution in [2.45, 2.75) is 44.6 Å². The third-order valence-corrected chi connectivity index (χ3v) is 8.27. The van der Waals surface area contributed by atoms with Gasteiger partial charge in [0.05, 0.1) is 12.1 Å². The van der Waals surface area contributed by atoms with E-state index < -0.39 is 12.0 Å². The summed E-state index contributed by atoms with van der Waals surface area (Å²) in [6.07, 6.45) is 7.16. The van der Waals surface area contributed by atoms with Crippen molar-refractivity contribution in [3.8, 4) is 0 Å². The number of pyridine rings is 1. The Balaban J connectivity index is 0.000000350. The normalized spacial score (nSPS) is 13.0. The first-order valence-electron chi connectivity index (χ1n) is 16.2. The van der Waals surface area contributed by atoms with E-state index in [0.717, 1.165) is 67.7 Å². The molecule has 0 saturated heterocycles. The molecular formula is C37H44N6O3. The maximum atomic E-state index is 12.0. The van der Waals surface area contributed by atoms with Crippen LogP contribution in [0.2, 0.25) is 0 Å². The monoisotopic (exact) mass is 620 g/mol. The Morgan fingerprint density at radius 3 is 2.41 bits per heavy atom. The van der Waals surface area contributed by atoms with Crippen molar-refractivity contribution >= 4 is 39.3 Å². The third-order valence-electron chi connectivity index (χ3n) is 8.27. The van der Waals surface area contributed by atoms with Crippen LogP contribution in [0.4, 0.5) is 11.6 Å². The van der Waals surface area contributed by atoms with Gasteiger partial charge in [-0.1, -0.05) is 66.7 Å². The van der Waals surface area contributed by atoms with Crippen LogP contribution >= 0.6 is 0 Å². The van der Waals surface area contributed by atoms with Gasteiger partial charge in [-0.05, 0) is 79.6 Å². The SMILES string of the molecule is COCCN(CCCCc1ccc2c(n1)NCCC2)CCC(Nc1ncnc2ccccc12)C(=O)O.c1ccc2ccccc2c1. The van der Waals surface area contributed by atoms with Gasteiger partial charge in [0.15, 0.2) is 0 Å². The molecule has 0 radical (unpaired) electrons. The van der Waals surface area contributed by atoms with Crippen LogP contribution in [-0.2, 0) is 22.4 Å². The highest BCUT2D eigenvalue weighted by molar-refractivity contribution is 5.90. The summed E-state index contributed by atoms with van der Waals surface area (Å²) in [4.78, 5) is 27.6. The zero-order valence-corrected chi connectivity index (χ0v) is 26.6. The summed E-state index contributed by atoms with van der Waals surface area (Å²) in [6, 6.07) is 27.9. The predicted molar refractivity (Wildman–Crippen MR) is 185 cm³/mol. The minimum absolute atomic E-state index is 0.454. The van der Waals surface area contributed by atoms with Gasteiger partial charge in [0.25, 0.3) is 0 Å². The summed E-state index contributed by atoms with van der Waals surface area (Å²) in [5, 5.41) is 19.8. The second-order valence-corrected chi connectivity index (χ2v) is 11.5. The number of rotatable bonds is 14. The smallest absolute Gasteiger partial charge is 0.326 e. The van der Waals surface area contributed by atoms with Gasteiger partial charge in [0.1, 0.15) is 24.0 Å². The van der Waals surface area contributed by atoms with Crippen LogP contribution < -0.4 is 10.6 Å². The van der Waals surface area contributed by atoms with Crippen molar-refractivity contribution in [1.82, 2.24) is 19.9 Å². The molecule has 6 rings (SSSR count). The molecule has 0 aliphatic carbocycles. The summed E-state index contributed by atoms with van der Waals surface area (Å²) in [7, 11) is 1.69. The number of hydrogen-bond donors (Lipinski definition) is 3. The van der Waals surface area contributed by atoms with Crippen molar-refractivity contribution < 1.29 is 14.6 Å². The second kappa shape index (κ2) is 17.2. The number of fused-ring (bicyclic) bond motifs is 3. The number of aromatic nitrogens is 3. The van der Waals surface area contributed by atoms with Gasteiger partial charge in [-0.25, -0.2) is 19.7 Å². The molecule has 5 aromatic rings. The van der Waals surface area contributed by atoms with E-state index in [4.69, 9.17) is 9.72 Å². The molecule has 240 valence electrons. The lowest BCUT2D eigenvalue weighted by molar-refractivity contribution is -0.138. The van der Waals surface area contributed by atoms with Gasteiger partial charge in [0.2, 0.25) is 0 Å². The molecule has 1 unspecified atom stereocenters. The summed E-state index contributed by atoms with van der Waals surface area (Å²) >= 11 is 0. The number of nitrogens with one attached hydrogen (secondary N) is 2. The molecule has 3 N–H and O–H groups in total. The van der Waals surface area contributed by atoms with Gasteiger partial charge in [0, 0.05) is 37.8 Å². The van der Waals surface area contributed by atoms with Crippen LogP contribution in [0.15, 0.2) is 91.3 Å². The predicted octanol–water partition coefficient (Wildman–Crippen LogP) is 6.45. The van der Waals surface area contributed by atoms with E-state index in [1.54, 1.807) is 7.11 Å². The maximum Gasteiger partial charge on any atom is 0.326 e. The number of benzene rings is 3. The average Bonchev–Trinajstić information content (AvgIpc) is 3.10. The number of para-hydroxylation sites is 1. The third kappa shape index (κ3) is 9.45. The first-order valence-corrected chi connectivity index (χ1v) is 16.2. The van der Waals surface area contributed by atoms with Crippen molar-refractivity contribution in [1.29, 1.82) is 0 Å². The number of aryl methyl sites for hydroxylation is 2. The Morgan fingerprint density at radius 2 is 1.67 bits per heavy atom. The number of ether oxygens (including phenoxy) is 1. The molecule has 1 atom stereocenters. The molecule has 0 amide bonds. The van der Waals surface area contributed by atoms with E-state index in [9.17, 15) is 9.90 Å². The van der Waals surface area contributed by atoms with E-state index in [1.807, 2.05) is 24.3 Å². The summed E-state index contributed by atoms with van der Waals surface area (Å²) in [5.41, 5.74) is 3.22. The molecule has 3 heterocycles. The quantitative estimate of drug-likeness (QED) is 0.121. The molecule has 1 aliphatic heterocycles. The molecule has 0 saturated carbocycles. The van der Waals surface area contributed by atoms with E-state index in [0.29, 0.717) is 25.4 Å². The Morgan fingerprint density at radius 1 is 0.935 bits per heavy atom. The highest BCUT2D eigenvalue weighted by atomic mass is 16.5. The van der Waals surface area contributed by atoms with Crippen LogP contribution in [0, 0.1) is 0 Å². The number of anilines is 2. The van der Waals surface area contributed by atoms with Crippen LogP contribution in [0.5, 0.6) is 0 Å².